The number of hydrogen-bond acceptors (Lipinski definition) is 5. The molecule has 7 heteroatoms. The second-order valence-corrected chi connectivity index (χ2v) is 4.41. The zero-order chi connectivity index (χ0) is 14.1. The summed E-state index contributed by atoms with van der Waals surface area (Å²) in [4.78, 5) is 0. The van der Waals surface area contributed by atoms with E-state index in [1.54, 1.807) is 12.1 Å². The summed E-state index contributed by atoms with van der Waals surface area (Å²) < 4.78 is 19.2. The summed E-state index contributed by atoms with van der Waals surface area (Å²) in [5.74, 6) is -0.149. The van der Waals surface area contributed by atoms with E-state index in [1.165, 1.54) is 24.5 Å². The first-order valence-electron chi connectivity index (χ1n) is 5.65. The monoisotopic (exact) mass is 290 g/mol. The topological polar surface area (TPSA) is 77.8 Å². The predicted octanol–water partition coefficient (Wildman–Crippen LogP) is 3.17. The highest BCUT2D eigenvalue weighted by Crippen LogP contribution is 2.40. The molecule has 0 radical (unpaired) electrons. The van der Waals surface area contributed by atoms with Gasteiger partial charge in [-0.25, -0.2) is 4.39 Å². The summed E-state index contributed by atoms with van der Waals surface area (Å²) in [6, 6.07) is 6.03. The van der Waals surface area contributed by atoms with Gasteiger partial charge in [0.25, 0.3) is 0 Å². The summed E-state index contributed by atoms with van der Waals surface area (Å²) >= 11 is 6.06. The number of hydrogen-bond donors (Lipinski definition) is 1. The van der Waals surface area contributed by atoms with Gasteiger partial charge in [0.15, 0.2) is 11.6 Å². The van der Waals surface area contributed by atoms with E-state index >= 15 is 0 Å². The average Bonchev–Trinajstić information content (AvgIpc) is 2.82. The van der Waals surface area contributed by atoms with Crippen molar-refractivity contribution in [2.24, 2.45) is 0 Å². The molecule has 0 aliphatic heterocycles. The highest BCUT2D eigenvalue weighted by molar-refractivity contribution is 6.33. The Hall–Kier alpha value is -2.47. The zero-order valence-electron chi connectivity index (χ0n) is 10.0. The Morgan fingerprint density at radius 3 is 2.70 bits per heavy atom. The summed E-state index contributed by atoms with van der Waals surface area (Å²) in [6.45, 7) is 0. The first-order valence-corrected chi connectivity index (χ1v) is 6.03. The molecule has 1 aromatic carbocycles. The van der Waals surface area contributed by atoms with Crippen molar-refractivity contribution in [2.75, 3.05) is 5.73 Å². The van der Waals surface area contributed by atoms with Crippen LogP contribution in [-0.2, 0) is 0 Å². The van der Waals surface area contributed by atoms with E-state index in [4.69, 9.17) is 21.9 Å². The third-order valence-electron chi connectivity index (χ3n) is 2.78. The van der Waals surface area contributed by atoms with Crippen LogP contribution in [0.5, 0.6) is 0 Å². The lowest BCUT2D eigenvalue weighted by Gasteiger charge is -2.06. The van der Waals surface area contributed by atoms with Crippen molar-refractivity contribution in [1.82, 2.24) is 15.4 Å². The molecule has 0 spiro atoms. The number of nitrogens with two attached hydrogens (primary N) is 1. The average molecular weight is 291 g/mol. The molecule has 0 bridgehead atoms. The zero-order valence-corrected chi connectivity index (χ0v) is 10.8. The molecule has 2 aromatic heterocycles. The molecule has 0 fully saturated rings. The second kappa shape index (κ2) is 4.90. The van der Waals surface area contributed by atoms with Crippen molar-refractivity contribution in [3.05, 3.63) is 47.5 Å². The number of rotatable bonds is 2. The fourth-order valence-electron chi connectivity index (χ4n) is 1.90. The van der Waals surface area contributed by atoms with Crippen LogP contribution < -0.4 is 5.73 Å². The maximum atomic E-state index is 14.1. The standard InChI is InChI=1S/C13H8ClFN4O/c14-8-2-1-3-9(15)10(8)11-12(20-19-13(11)16)7-4-5-17-18-6-7/h1-6H,(H2,16,19). The summed E-state index contributed by atoms with van der Waals surface area (Å²) in [5.41, 5.74) is 6.82. The quantitative estimate of drug-likeness (QED) is 0.784. The van der Waals surface area contributed by atoms with Crippen LogP contribution in [0.25, 0.3) is 22.5 Å². The molecule has 0 saturated carbocycles. The van der Waals surface area contributed by atoms with Gasteiger partial charge in [0, 0.05) is 11.1 Å². The lowest BCUT2D eigenvalue weighted by atomic mass is 10.0. The molecule has 0 aliphatic rings. The molecule has 2 heterocycles. The molecular formula is C13H8ClFN4O. The van der Waals surface area contributed by atoms with Crippen LogP contribution in [0.4, 0.5) is 10.2 Å². The fourth-order valence-corrected chi connectivity index (χ4v) is 2.16. The predicted molar refractivity (Wildman–Crippen MR) is 72.3 cm³/mol. The first-order chi connectivity index (χ1) is 9.68. The van der Waals surface area contributed by atoms with Gasteiger partial charge in [-0.2, -0.15) is 10.2 Å². The van der Waals surface area contributed by atoms with E-state index in [0.29, 0.717) is 16.9 Å². The van der Waals surface area contributed by atoms with Gasteiger partial charge in [0.05, 0.1) is 23.0 Å². The number of nitrogen functional groups attached to an aromatic ring is 1. The van der Waals surface area contributed by atoms with Gasteiger partial charge in [0.1, 0.15) is 5.82 Å². The summed E-state index contributed by atoms with van der Waals surface area (Å²) in [7, 11) is 0. The third kappa shape index (κ3) is 2.00. The molecule has 100 valence electrons. The molecule has 0 saturated heterocycles. The molecule has 3 rings (SSSR count). The minimum Gasteiger partial charge on any atom is -0.380 e. The number of benzene rings is 1. The van der Waals surface area contributed by atoms with E-state index in [1.807, 2.05) is 0 Å². The van der Waals surface area contributed by atoms with Crippen LogP contribution in [0.2, 0.25) is 5.02 Å². The van der Waals surface area contributed by atoms with Crippen molar-refractivity contribution in [1.29, 1.82) is 0 Å². The number of anilines is 1. The molecule has 20 heavy (non-hydrogen) atoms. The Morgan fingerprint density at radius 2 is 2.00 bits per heavy atom. The van der Waals surface area contributed by atoms with Gasteiger partial charge in [-0.05, 0) is 18.2 Å². The highest BCUT2D eigenvalue weighted by atomic mass is 35.5. The largest absolute Gasteiger partial charge is 0.380 e. The molecule has 5 nitrogen and oxygen atoms in total. The maximum Gasteiger partial charge on any atom is 0.178 e. The van der Waals surface area contributed by atoms with E-state index < -0.39 is 5.82 Å². The van der Waals surface area contributed by atoms with E-state index in [-0.39, 0.29) is 16.4 Å². The molecule has 0 aliphatic carbocycles. The number of halogens is 2. The lowest BCUT2D eigenvalue weighted by molar-refractivity contribution is 0.436. The van der Waals surface area contributed by atoms with Crippen molar-refractivity contribution in [2.45, 2.75) is 0 Å². The van der Waals surface area contributed by atoms with E-state index in [9.17, 15) is 4.39 Å². The molecule has 0 unspecified atom stereocenters. The number of aromatic nitrogens is 3. The van der Waals surface area contributed by atoms with E-state index in [0.717, 1.165) is 0 Å². The number of nitrogens with zero attached hydrogens (tertiary/aromatic N) is 3. The summed E-state index contributed by atoms with van der Waals surface area (Å²) in [5, 5.41) is 11.3. The first kappa shape index (κ1) is 12.6. The molecule has 2 N–H and O–H groups in total. The van der Waals surface area contributed by atoms with E-state index in [2.05, 4.69) is 15.4 Å². The molecular weight excluding hydrogens is 283 g/mol. The minimum atomic E-state index is -0.504. The lowest BCUT2D eigenvalue weighted by Crippen LogP contribution is -1.93. The fraction of sp³-hybridized carbons (Fsp3) is 0. The SMILES string of the molecule is Nc1noc(-c2ccnnc2)c1-c1c(F)cccc1Cl. The normalized spacial score (nSPS) is 10.7. The molecule has 0 amide bonds. The Balaban J connectivity index is 2.28. The van der Waals surface area contributed by atoms with Crippen molar-refractivity contribution in [3.63, 3.8) is 0 Å². The third-order valence-corrected chi connectivity index (χ3v) is 3.09. The Morgan fingerprint density at radius 1 is 1.15 bits per heavy atom. The van der Waals surface area contributed by atoms with Gasteiger partial charge in [-0.3, -0.25) is 0 Å². The van der Waals surface area contributed by atoms with Gasteiger partial charge in [-0.15, -0.1) is 0 Å². The van der Waals surface area contributed by atoms with Crippen LogP contribution in [0, 0.1) is 5.82 Å². The molecule has 3 aromatic rings. The molecule has 0 atom stereocenters. The van der Waals surface area contributed by atoms with Crippen molar-refractivity contribution < 1.29 is 8.91 Å². The van der Waals surface area contributed by atoms with Crippen molar-refractivity contribution in [3.8, 4) is 22.5 Å². The van der Waals surface area contributed by atoms with Gasteiger partial charge in [-0.1, -0.05) is 22.8 Å². The highest BCUT2D eigenvalue weighted by Gasteiger charge is 2.22. The van der Waals surface area contributed by atoms with Crippen LogP contribution in [0.1, 0.15) is 0 Å². The van der Waals surface area contributed by atoms with Gasteiger partial charge in [0.2, 0.25) is 0 Å². The second-order valence-electron chi connectivity index (χ2n) is 4.00. The Bertz CT molecular complexity index is 740. The van der Waals surface area contributed by atoms with Crippen LogP contribution in [-0.4, -0.2) is 15.4 Å². The van der Waals surface area contributed by atoms with Gasteiger partial charge < -0.3 is 10.3 Å². The smallest absolute Gasteiger partial charge is 0.178 e. The summed E-state index contributed by atoms with van der Waals surface area (Å²) in [6.07, 6.45) is 2.96. The van der Waals surface area contributed by atoms with Crippen molar-refractivity contribution >= 4 is 17.4 Å². The van der Waals surface area contributed by atoms with Crippen LogP contribution in [0.15, 0.2) is 41.2 Å². The Kier molecular flexibility index (Phi) is 3.08. The Labute approximate surface area is 118 Å². The van der Waals surface area contributed by atoms with Crippen LogP contribution >= 0.6 is 11.6 Å². The van der Waals surface area contributed by atoms with Crippen LogP contribution in [0.3, 0.4) is 0 Å². The van der Waals surface area contributed by atoms with Gasteiger partial charge >= 0.3 is 0 Å². The minimum absolute atomic E-state index is 0.0591. The maximum absolute atomic E-state index is 14.1.